The number of morpholine rings is 1. The number of hydrazine groups is 1. The number of nitrogens with one attached hydrogen (secondary N) is 3. The lowest BCUT2D eigenvalue weighted by atomic mass is 9.91. The number of carbonyl (C=O) groups excluding carboxylic acids is 2. The van der Waals surface area contributed by atoms with Crippen LogP contribution in [0.2, 0.25) is 0 Å². The van der Waals surface area contributed by atoms with Gasteiger partial charge in [0.25, 0.3) is 0 Å². The number of ether oxygens (including phenoxy) is 1. The van der Waals surface area contributed by atoms with Crippen LogP contribution < -0.4 is 26.3 Å². The summed E-state index contributed by atoms with van der Waals surface area (Å²) in [6, 6.07) is 8.17. The predicted molar refractivity (Wildman–Crippen MR) is 177 cm³/mol. The van der Waals surface area contributed by atoms with Crippen LogP contribution in [0.1, 0.15) is 62.5 Å². The van der Waals surface area contributed by atoms with Crippen molar-refractivity contribution in [3.8, 4) is 11.4 Å². The molecule has 1 aromatic carbocycles. The first kappa shape index (κ1) is 32.8. The number of rotatable bonds is 9. The number of amides is 2. The Bertz CT molecular complexity index is 1550. The van der Waals surface area contributed by atoms with Crippen LogP contribution in [0.25, 0.3) is 11.4 Å². The number of hydrogen-bond donors (Lipinski definition) is 4. The molecule has 6 rings (SSSR count). The van der Waals surface area contributed by atoms with Crippen LogP contribution in [-0.2, 0) is 9.53 Å². The number of imidazole rings is 1. The molecular weight excluding hydrogens is 603 g/mol. The smallest absolute Gasteiger partial charge is 0.308 e. The van der Waals surface area contributed by atoms with E-state index in [2.05, 4.69) is 37.4 Å². The van der Waals surface area contributed by atoms with Crippen molar-refractivity contribution in [3.63, 3.8) is 0 Å². The minimum absolute atomic E-state index is 0.0667. The second kappa shape index (κ2) is 14.7. The normalized spacial score (nSPS) is 22.6. The first-order valence-electron chi connectivity index (χ1n) is 16.7. The van der Waals surface area contributed by atoms with Crippen LogP contribution in [0.15, 0.2) is 36.5 Å². The highest BCUT2D eigenvalue weighted by molar-refractivity contribution is 6.03. The number of H-pyrrole nitrogens is 1. The number of carbonyl (C=O) groups is 2. The van der Waals surface area contributed by atoms with Gasteiger partial charge in [-0.25, -0.2) is 24.4 Å². The van der Waals surface area contributed by atoms with E-state index >= 15 is 0 Å². The van der Waals surface area contributed by atoms with Gasteiger partial charge in [0.05, 0.1) is 30.0 Å². The third kappa shape index (κ3) is 7.55. The highest BCUT2D eigenvalue weighted by atomic mass is 19.1. The zero-order valence-electron chi connectivity index (χ0n) is 27.1. The van der Waals surface area contributed by atoms with Gasteiger partial charge in [-0.3, -0.25) is 9.59 Å². The van der Waals surface area contributed by atoms with Crippen LogP contribution in [0.3, 0.4) is 0 Å². The molecule has 252 valence electrons. The lowest BCUT2D eigenvalue weighted by Gasteiger charge is -2.39. The summed E-state index contributed by atoms with van der Waals surface area (Å²) < 4.78 is 20.0. The summed E-state index contributed by atoms with van der Waals surface area (Å²) in [6.07, 6.45) is 8.73. The summed E-state index contributed by atoms with van der Waals surface area (Å²) in [5, 5.41) is 9.58. The molecule has 0 bridgehead atoms. The molecule has 2 aromatic heterocycles. The molecule has 3 aromatic rings. The van der Waals surface area contributed by atoms with Crippen molar-refractivity contribution >= 4 is 29.3 Å². The van der Waals surface area contributed by atoms with Crippen LogP contribution in [-0.4, -0.2) is 94.8 Å². The number of aromatic nitrogens is 4. The van der Waals surface area contributed by atoms with Crippen molar-refractivity contribution in [1.82, 2.24) is 30.3 Å². The second-order valence-corrected chi connectivity index (χ2v) is 12.7. The Morgan fingerprint density at radius 2 is 1.91 bits per heavy atom. The fourth-order valence-corrected chi connectivity index (χ4v) is 6.74. The molecule has 1 unspecified atom stereocenters. The van der Waals surface area contributed by atoms with Crippen molar-refractivity contribution < 1.29 is 18.7 Å². The van der Waals surface area contributed by atoms with Gasteiger partial charge in [0.15, 0.2) is 5.82 Å². The van der Waals surface area contributed by atoms with Crippen molar-refractivity contribution in [1.29, 1.82) is 0 Å². The lowest BCUT2D eigenvalue weighted by Crippen LogP contribution is -2.56. The van der Waals surface area contributed by atoms with Gasteiger partial charge >= 0.3 is 5.91 Å². The zero-order chi connectivity index (χ0) is 32.9. The van der Waals surface area contributed by atoms with E-state index in [1.807, 2.05) is 6.07 Å². The van der Waals surface area contributed by atoms with Gasteiger partial charge in [0, 0.05) is 57.6 Å². The number of benzene rings is 1. The maximum atomic E-state index is 14.3. The van der Waals surface area contributed by atoms with E-state index in [0.29, 0.717) is 55.1 Å². The quantitative estimate of drug-likeness (QED) is 0.271. The number of piperidine rings is 1. The number of halogens is 1. The van der Waals surface area contributed by atoms with E-state index in [-0.39, 0.29) is 42.4 Å². The van der Waals surface area contributed by atoms with Crippen LogP contribution >= 0.6 is 0 Å². The zero-order valence-corrected chi connectivity index (χ0v) is 27.1. The SMILES string of the molecule is CNc1nc(-c2c[nH]c(C(=O)N(c3cccc(F)c3)N3CCOC(CN)C3)n2)cc(N2C[C@@H](C(=O)NC3CCCCC3)CC[C@H]2C)n1. The Balaban J connectivity index is 1.24. The largest absolute Gasteiger partial charge is 0.374 e. The van der Waals surface area contributed by atoms with Gasteiger partial charge in [0.1, 0.15) is 17.3 Å². The molecule has 1 saturated carbocycles. The molecule has 3 fully saturated rings. The molecule has 0 radical (unpaired) electrons. The molecule has 2 saturated heterocycles. The monoisotopic (exact) mass is 648 g/mol. The third-order valence-corrected chi connectivity index (χ3v) is 9.39. The Morgan fingerprint density at radius 3 is 2.68 bits per heavy atom. The van der Waals surface area contributed by atoms with Gasteiger partial charge in [-0.15, -0.1) is 0 Å². The Morgan fingerprint density at radius 1 is 1.09 bits per heavy atom. The Kier molecular flexibility index (Phi) is 10.3. The molecule has 47 heavy (non-hydrogen) atoms. The molecule has 2 amide bonds. The van der Waals surface area contributed by atoms with E-state index in [4.69, 9.17) is 15.5 Å². The Labute approximate surface area is 274 Å². The molecule has 2 aliphatic heterocycles. The number of hydrogen-bond acceptors (Lipinski definition) is 10. The number of aromatic amines is 1. The van der Waals surface area contributed by atoms with Crippen molar-refractivity contribution in [2.45, 2.75) is 70.1 Å². The maximum Gasteiger partial charge on any atom is 0.308 e. The van der Waals surface area contributed by atoms with E-state index < -0.39 is 11.7 Å². The lowest BCUT2D eigenvalue weighted by molar-refractivity contribution is -0.126. The average Bonchev–Trinajstić information content (AvgIpc) is 3.60. The van der Waals surface area contributed by atoms with Crippen molar-refractivity contribution in [2.75, 3.05) is 55.1 Å². The van der Waals surface area contributed by atoms with Crippen molar-refractivity contribution in [2.24, 2.45) is 11.7 Å². The minimum atomic E-state index is -0.460. The molecule has 4 heterocycles. The fourth-order valence-electron chi connectivity index (χ4n) is 6.74. The molecular formula is C33H45FN10O3. The van der Waals surface area contributed by atoms with Gasteiger partial charge < -0.3 is 31.0 Å². The Hall–Kier alpha value is -4.14. The molecule has 1 aliphatic carbocycles. The fraction of sp³-hybridized carbons (Fsp3) is 0.545. The molecule has 3 aliphatic rings. The van der Waals surface area contributed by atoms with Crippen LogP contribution in [0, 0.1) is 11.7 Å². The van der Waals surface area contributed by atoms with Gasteiger partial charge in [0.2, 0.25) is 11.9 Å². The summed E-state index contributed by atoms with van der Waals surface area (Å²) in [4.78, 5) is 46.5. The topological polar surface area (TPSA) is 158 Å². The second-order valence-electron chi connectivity index (χ2n) is 12.7. The molecule has 13 nitrogen and oxygen atoms in total. The third-order valence-electron chi connectivity index (χ3n) is 9.39. The summed E-state index contributed by atoms with van der Waals surface area (Å²) in [5.41, 5.74) is 7.20. The summed E-state index contributed by atoms with van der Waals surface area (Å²) in [7, 11) is 1.75. The average molecular weight is 649 g/mol. The van der Waals surface area contributed by atoms with Gasteiger partial charge in [-0.05, 0) is 50.8 Å². The molecule has 5 N–H and O–H groups in total. The van der Waals surface area contributed by atoms with E-state index in [0.717, 1.165) is 25.7 Å². The summed E-state index contributed by atoms with van der Waals surface area (Å²) in [5.74, 6) is 0.214. The summed E-state index contributed by atoms with van der Waals surface area (Å²) >= 11 is 0. The highest BCUT2D eigenvalue weighted by Gasteiger charge is 2.34. The summed E-state index contributed by atoms with van der Waals surface area (Å²) in [6.45, 7) is 4.14. The molecule has 14 heteroatoms. The predicted octanol–water partition coefficient (Wildman–Crippen LogP) is 3.32. The maximum absolute atomic E-state index is 14.3. The highest BCUT2D eigenvalue weighted by Crippen LogP contribution is 2.31. The number of nitrogens with two attached hydrogens (primary N) is 1. The van der Waals surface area contributed by atoms with Crippen LogP contribution in [0.4, 0.5) is 21.8 Å². The van der Waals surface area contributed by atoms with E-state index in [1.54, 1.807) is 30.4 Å². The standard InChI is InChI=1S/C33H45FN10O3/c1-21-11-12-22(31(45)38-24-8-4-3-5-9-24)19-43(21)29-16-27(40-33(36-2)41-29)28-18-37-30(39-28)32(46)44(25-10-6-7-23(34)15-25)42-13-14-47-26(17-35)20-42/h6-7,10,15-16,18,21-22,24,26H,3-5,8-9,11-14,17,19-20,35H2,1-2H3,(H,37,39)(H,38,45)(H,36,40,41)/t21-,22+,26?/m1/s1. The first-order valence-corrected chi connectivity index (χ1v) is 16.7. The number of anilines is 3. The van der Waals surface area contributed by atoms with Gasteiger partial charge in [-0.2, -0.15) is 4.98 Å². The van der Waals surface area contributed by atoms with E-state index in [9.17, 15) is 14.0 Å². The van der Waals surface area contributed by atoms with Crippen molar-refractivity contribution in [3.05, 3.63) is 48.2 Å². The first-order chi connectivity index (χ1) is 22.8. The minimum Gasteiger partial charge on any atom is -0.374 e. The van der Waals surface area contributed by atoms with E-state index in [1.165, 1.54) is 36.4 Å². The molecule has 0 spiro atoms. The van der Waals surface area contributed by atoms with Gasteiger partial charge in [-0.1, -0.05) is 25.3 Å². The molecule has 3 atom stereocenters. The number of nitrogens with zero attached hydrogens (tertiary/aromatic N) is 6. The van der Waals surface area contributed by atoms with Crippen LogP contribution in [0.5, 0.6) is 0 Å².